The van der Waals surface area contributed by atoms with Crippen LogP contribution >= 0.6 is 11.3 Å². The first kappa shape index (κ1) is 14.7. The molecule has 19 heavy (non-hydrogen) atoms. The van der Waals surface area contributed by atoms with Gasteiger partial charge in [-0.15, -0.1) is 0 Å². The van der Waals surface area contributed by atoms with Crippen molar-refractivity contribution in [3.63, 3.8) is 0 Å². The average Bonchev–Trinajstić information content (AvgIpc) is 2.54. The van der Waals surface area contributed by atoms with Crippen molar-refractivity contribution >= 4 is 26.5 Å². The molecule has 0 aliphatic heterocycles. The van der Waals surface area contributed by atoms with Crippen molar-refractivity contribution in [2.75, 3.05) is 5.73 Å². The summed E-state index contributed by atoms with van der Waals surface area (Å²) in [6, 6.07) is 0.0234. The van der Waals surface area contributed by atoms with Gasteiger partial charge in [-0.3, -0.25) is 0 Å². The van der Waals surface area contributed by atoms with E-state index in [2.05, 4.69) is 16.6 Å². The second-order valence-electron chi connectivity index (χ2n) is 5.27. The summed E-state index contributed by atoms with van der Waals surface area (Å²) in [6.07, 6.45) is 5.45. The molecule has 0 radical (unpaired) electrons. The molecule has 0 spiro atoms. The van der Waals surface area contributed by atoms with Gasteiger partial charge >= 0.3 is 0 Å². The molecule has 3 N–H and O–H groups in total. The molecule has 1 aromatic rings. The lowest BCUT2D eigenvalue weighted by Crippen LogP contribution is -2.38. The van der Waals surface area contributed by atoms with E-state index >= 15 is 0 Å². The molecule has 0 bridgehead atoms. The molecular weight excluding hydrogens is 282 g/mol. The van der Waals surface area contributed by atoms with Crippen molar-refractivity contribution in [1.29, 1.82) is 0 Å². The molecule has 0 aromatic carbocycles. The number of rotatable bonds is 3. The summed E-state index contributed by atoms with van der Waals surface area (Å²) in [4.78, 5) is 3.99. The van der Waals surface area contributed by atoms with Crippen LogP contribution in [0.3, 0.4) is 0 Å². The van der Waals surface area contributed by atoms with E-state index in [-0.39, 0.29) is 10.3 Å². The van der Waals surface area contributed by atoms with Crippen LogP contribution in [0.2, 0.25) is 0 Å². The first-order valence-corrected chi connectivity index (χ1v) is 8.95. The lowest BCUT2D eigenvalue weighted by atomic mass is 9.98. The van der Waals surface area contributed by atoms with Crippen molar-refractivity contribution in [3.8, 4) is 0 Å². The second-order valence-corrected chi connectivity index (χ2v) is 8.21. The molecule has 108 valence electrons. The topological polar surface area (TPSA) is 85.1 Å². The van der Waals surface area contributed by atoms with Crippen LogP contribution in [0.1, 0.15) is 44.7 Å². The molecule has 1 heterocycles. The zero-order valence-electron chi connectivity index (χ0n) is 11.3. The predicted octanol–water partition coefficient (Wildman–Crippen LogP) is 2.28. The van der Waals surface area contributed by atoms with Crippen LogP contribution in [0, 0.1) is 12.8 Å². The third-order valence-electron chi connectivity index (χ3n) is 3.68. The Morgan fingerprint density at radius 2 is 2.00 bits per heavy atom. The number of thiazole rings is 1. The summed E-state index contributed by atoms with van der Waals surface area (Å²) >= 11 is 1.03. The van der Waals surface area contributed by atoms with Crippen molar-refractivity contribution in [3.05, 3.63) is 5.69 Å². The fraction of sp³-hybridized carbons (Fsp3) is 0.750. The van der Waals surface area contributed by atoms with Crippen LogP contribution < -0.4 is 10.5 Å². The van der Waals surface area contributed by atoms with E-state index in [1.807, 2.05) is 0 Å². The van der Waals surface area contributed by atoms with Crippen molar-refractivity contribution in [2.24, 2.45) is 5.92 Å². The minimum Gasteiger partial charge on any atom is -0.375 e. The normalized spacial score (nSPS) is 25.2. The standard InChI is InChI=1S/C12H21N3O2S2/c1-8-6-4-3-5-7-10(8)15-19(16,17)11-9(2)14-12(13)18-11/h8,10,15H,3-7H2,1-2H3,(H2,13,14). The Bertz CT molecular complexity index is 539. The summed E-state index contributed by atoms with van der Waals surface area (Å²) in [6.45, 7) is 3.80. The third-order valence-corrected chi connectivity index (χ3v) is 6.77. The van der Waals surface area contributed by atoms with Crippen molar-refractivity contribution < 1.29 is 8.42 Å². The summed E-state index contributed by atoms with van der Waals surface area (Å²) in [5, 5.41) is 0.298. The maximum Gasteiger partial charge on any atom is 0.252 e. The Labute approximate surface area is 118 Å². The minimum atomic E-state index is -3.49. The lowest BCUT2D eigenvalue weighted by Gasteiger charge is -2.22. The van der Waals surface area contributed by atoms with Gasteiger partial charge in [-0.25, -0.2) is 18.1 Å². The highest BCUT2D eigenvalue weighted by atomic mass is 32.2. The number of nitrogens with one attached hydrogen (secondary N) is 1. The van der Waals surface area contributed by atoms with Gasteiger partial charge in [-0.2, -0.15) is 0 Å². The van der Waals surface area contributed by atoms with E-state index in [4.69, 9.17) is 5.73 Å². The molecule has 7 heteroatoms. The molecule has 1 aliphatic carbocycles. The number of hydrogen-bond donors (Lipinski definition) is 2. The Morgan fingerprint density at radius 1 is 1.32 bits per heavy atom. The van der Waals surface area contributed by atoms with Gasteiger partial charge < -0.3 is 5.73 Å². The van der Waals surface area contributed by atoms with Gasteiger partial charge in [-0.05, 0) is 25.7 Å². The van der Waals surface area contributed by atoms with Gasteiger partial charge in [0.05, 0.1) is 5.69 Å². The van der Waals surface area contributed by atoms with E-state index in [1.54, 1.807) is 6.92 Å². The zero-order chi connectivity index (χ0) is 14.0. The number of aromatic nitrogens is 1. The van der Waals surface area contributed by atoms with Crippen LogP contribution in [0.4, 0.5) is 5.13 Å². The van der Waals surface area contributed by atoms with Crippen LogP contribution in [-0.2, 0) is 10.0 Å². The fourth-order valence-corrected chi connectivity index (χ4v) is 5.27. The number of nitrogens with zero attached hydrogens (tertiary/aromatic N) is 1. The lowest BCUT2D eigenvalue weighted by molar-refractivity contribution is 0.399. The second kappa shape index (κ2) is 5.76. The number of nitrogen functional groups attached to an aromatic ring is 1. The van der Waals surface area contributed by atoms with Crippen LogP contribution in [0.15, 0.2) is 4.21 Å². The maximum atomic E-state index is 12.4. The van der Waals surface area contributed by atoms with Gasteiger partial charge in [0.25, 0.3) is 10.0 Å². The van der Waals surface area contributed by atoms with Gasteiger partial charge in [0.1, 0.15) is 0 Å². The molecular formula is C12H21N3O2S2. The molecule has 1 saturated carbocycles. The Hall–Kier alpha value is -0.660. The van der Waals surface area contributed by atoms with Crippen molar-refractivity contribution in [1.82, 2.24) is 9.71 Å². The molecule has 2 unspecified atom stereocenters. The summed E-state index contributed by atoms with van der Waals surface area (Å²) in [5.41, 5.74) is 6.06. The number of aryl methyl sites for hydroxylation is 1. The largest absolute Gasteiger partial charge is 0.375 e. The zero-order valence-corrected chi connectivity index (χ0v) is 13.0. The number of hydrogen-bond acceptors (Lipinski definition) is 5. The van der Waals surface area contributed by atoms with E-state index in [0.717, 1.165) is 30.6 Å². The van der Waals surface area contributed by atoms with E-state index in [1.165, 1.54) is 12.8 Å². The minimum absolute atomic E-state index is 0.0234. The number of anilines is 1. The summed E-state index contributed by atoms with van der Waals surface area (Å²) in [5.74, 6) is 0.378. The smallest absolute Gasteiger partial charge is 0.252 e. The SMILES string of the molecule is Cc1nc(N)sc1S(=O)(=O)NC1CCCCCC1C. The first-order chi connectivity index (χ1) is 8.90. The molecule has 1 aromatic heterocycles. The summed E-state index contributed by atoms with van der Waals surface area (Å²) < 4.78 is 27.9. The predicted molar refractivity (Wildman–Crippen MR) is 77.6 cm³/mol. The molecule has 5 nitrogen and oxygen atoms in total. The van der Waals surface area contributed by atoms with Crippen LogP contribution in [0.25, 0.3) is 0 Å². The molecule has 1 fully saturated rings. The molecule has 2 atom stereocenters. The highest BCUT2D eigenvalue weighted by Crippen LogP contribution is 2.28. The molecule has 0 amide bonds. The van der Waals surface area contributed by atoms with Crippen LogP contribution in [0.5, 0.6) is 0 Å². The Kier molecular flexibility index (Phi) is 4.47. The molecule has 0 saturated heterocycles. The van der Waals surface area contributed by atoms with Gasteiger partial charge in [0, 0.05) is 6.04 Å². The average molecular weight is 303 g/mol. The summed E-state index contributed by atoms with van der Waals surface area (Å²) in [7, 11) is -3.49. The van der Waals surface area contributed by atoms with E-state index < -0.39 is 10.0 Å². The third kappa shape index (κ3) is 3.46. The van der Waals surface area contributed by atoms with Crippen molar-refractivity contribution in [2.45, 2.75) is 56.2 Å². The van der Waals surface area contributed by atoms with E-state index in [0.29, 0.717) is 16.7 Å². The Morgan fingerprint density at radius 3 is 2.63 bits per heavy atom. The van der Waals surface area contributed by atoms with Gasteiger partial charge in [0.15, 0.2) is 9.34 Å². The molecule has 2 rings (SSSR count). The quantitative estimate of drug-likeness (QED) is 0.839. The first-order valence-electron chi connectivity index (χ1n) is 6.65. The molecule has 1 aliphatic rings. The number of sulfonamides is 1. The van der Waals surface area contributed by atoms with E-state index in [9.17, 15) is 8.42 Å². The maximum absolute atomic E-state index is 12.4. The Balaban J connectivity index is 2.18. The fourth-order valence-electron chi connectivity index (χ4n) is 2.57. The van der Waals surface area contributed by atoms with Crippen LogP contribution in [-0.4, -0.2) is 19.4 Å². The monoisotopic (exact) mass is 303 g/mol. The highest BCUT2D eigenvalue weighted by molar-refractivity contribution is 7.91. The van der Waals surface area contributed by atoms with Gasteiger partial charge in [-0.1, -0.05) is 37.5 Å². The van der Waals surface area contributed by atoms with Gasteiger partial charge in [0.2, 0.25) is 0 Å². The highest BCUT2D eigenvalue weighted by Gasteiger charge is 2.28. The number of nitrogens with two attached hydrogens (primary N) is 1.